The van der Waals surface area contributed by atoms with E-state index in [1.54, 1.807) is 18.2 Å². The van der Waals surface area contributed by atoms with Gasteiger partial charge in [0.05, 0.1) is 12.0 Å². The molecule has 5 rings (SSSR count). The zero-order valence-electron chi connectivity index (χ0n) is 20.0. The Morgan fingerprint density at radius 2 is 1.77 bits per heavy atom. The molecule has 180 valence electrons. The van der Waals surface area contributed by atoms with Gasteiger partial charge in [0.2, 0.25) is 0 Å². The van der Waals surface area contributed by atoms with Crippen molar-refractivity contribution < 1.29 is 13.6 Å². The molecule has 1 saturated carbocycles. The second-order valence-corrected chi connectivity index (χ2v) is 9.20. The first kappa shape index (κ1) is 22.9. The van der Waals surface area contributed by atoms with E-state index in [-0.39, 0.29) is 17.5 Å². The molecule has 1 fully saturated rings. The number of hydrogen-bond acceptors (Lipinski definition) is 4. The molecule has 1 aliphatic rings. The van der Waals surface area contributed by atoms with Gasteiger partial charge < -0.3 is 19.2 Å². The van der Waals surface area contributed by atoms with Gasteiger partial charge in [0.15, 0.2) is 11.5 Å². The van der Waals surface area contributed by atoms with Gasteiger partial charge in [0, 0.05) is 37.9 Å². The maximum absolute atomic E-state index is 13.5. The number of nitrogens with zero attached hydrogens (tertiary/aromatic N) is 3. The highest BCUT2D eigenvalue weighted by molar-refractivity contribution is 5.92. The lowest BCUT2D eigenvalue weighted by Crippen LogP contribution is -2.22. The van der Waals surface area contributed by atoms with Crippen LogP contribution in [0.15, 0.2) is 71.4 Å². The van der Waals surface area contributed by atoms with Crippen molar-refractivity contribution in [3.63, 3.8) is 0 Å². The summed E-state index contributed by atoms with van der Waals surface area (Å²) in [5.41, 5.74) is 4.46. The number of hydrogen-bond donors (Lipinski definition) is 1. The summed E-state index contributed by atoms with van der Waals surface area (Å²) in [4.78, 5) is 19.5. The summed E-state index contributed by atoms with van der Waals surface area (Å²) < 4.78 is 21.7. The average Bonchev–Trinajstić information content (AvgIpc) is 3.63. The summed E-state index contributed by atoms with van der Waals surface area (Å²) in [5, 5.41) is 2.93. The van der Waals surface area contributed by atoms with Gasteiger partial charge in [-0.2, -0.15) is 0 Å². The van der Waals surface area contributed by atoms with Crippen molar-refractivity contribution >= 4 is 11.6 Å². The molecule has 2 aromatic carbocycles. The van der Waals surface area contributed by atoms with Crippen LogP contribution in [0.5, 0.6) is 0 Å². The molecule has 35 heavy (non-hydrogen) atoms. The van der Waals surface area contributed by atoms with Crippen LogP contribution in [0.25, 0.3) is 22.7 Å². The number of carbonyl (C=O) groups excluding carboxylic acids is 1. The first-order chi connectivity index (χ1) is 17.0. The quantitative estimate of drug-likeness (QED) is 0.355. The Kier molecular flexibility index (Phi) is 6.40. The summed E-state index contributed by atoms with van der Waals surface area (Å²) in [5.74, 6) is 0.255. The molecule has 0 saturated heterocycles. The number of aromatic nitrogens is 2. The predicted molar refractivity (Wildman–Crippen MR) is 135 cm³/mol. The Bertz CT molecular complexity index is 1300. The summed E-state index contributed by atoms with van der Waals surface area (Å²) in [6.07, 6.45) is 6.34. The molecule has 2 aromatic heterocycles. The molecule has 0 radical (unpaired) electrons. The van der Waals surface area contributed by atoms with Crippen molar-refractivity contribution in [1.82, 2.24) is 14.9 Å². The van der Waals surface area contributed by atoms with Crippen molar-refractivity contribution in [3.8, 4) is 22.7 Å². The molecule has 2 heterocycles. The molecule has 0 bridgehead atoms. The Morgan fingerprint density at radius 3 is 2.46 bits per heavy atom. The maximum Gasteiger partial charge on any atom is 0.287 e. The highest BCUT2D eigenvalue weighted by Crippen LogP contribution is 2.39. The zero-order chi connectivity index (χ0) is 24.4. The van der Waals surface area contributed by atoms with E-state index in [1.165, 1.54) is 25.0 Å². The van der Waals surface area contributed by atoms with Crippen LogP contribution in [-0.2, 0) is 6.54 Å². The zero-order valence-corrected chi connectivity index (χ0v) is 20.0. The lowest BCUT2D eigenvalue weighted by Gasteiger charge is -2.15. The fraction of sp³-hybridized carbons (Fsp3) is 0.286. The maximum atomic E-state index is 13.5. The largest absolute Gasteiger partial charge is 0.449 e. The molecule has 0 spiro atoms. The van der Waals surface area contributed by atoms with Gasteiger partial charge in [-0.15, -0.1) is 0 Å². The number of imidazole rings is 1. The van der Waals surface area contributed by atoms with Gasteiger partial charge in [-0.25, -0.2) is 9.37 Å². The van der Waals surface area contributed by atoms with Crippen LogP contribution in [0.2, 0.25) is 0 Å². The van der Waals surface area contributed by atoms with Gasteiger partial charge >= 0.3 is 0 Å². The fourth-order valence-corrected chi connectivity index (χ4v) is 4.65. The monoisotopic (exact) mass is 472 g/mol. The van der Waals surface area contributed by atoms with Crippen molar-refractivity contribution in [3.05, 3.63) is 84.1 Å². The Hall–Kier alpha value is -3.87. The smallest absolute Gasteiger partial charge is 0.287 e. The van der Waals surface area contributed by atoms with Crippen LogP contribution < -0.4 is 10.2 Å². The van der Waals surface area contributed by atoms with E-state index in [1.807, 2.05) is 55.7 Å². The van der Waals surface area contributed by atoms with E-state index in [2.05, 4.69) is 14.9 Å². The SMILES string of the molecule is CN(C)c1ccc(CNC(=O)c2ccc(-c3c(-c4ccc(F)cc4)ncn3C3CCCC3)o2)cc1. The molecule has 0 unspecified atom stereocenters. The van der Waals surface area contributed by atoms with Gasteiger partial charge in [-0.3, -0.25) is 4.79 Å². The first-order valence-corrected chi connectivity index (χ1v) is 12.0. The Morgan fingerprint density at radius 1 is 1.06 bits per heavy atom. The summed E-state index contributed by atoms with van der Waals surface area (Å²) >= 11 is 0. The molecular formula is C28H29FN4O2. The third-order valence-corrected chi connectivity index (χ3v) is 6.60. The minimum Gasteiger partial charge on any atom is -0.449 e. The molecule has 1 N–H and O–H groups in total. The summed E-state index contributed by atoms with van der Waals surface area (Å²) in [7, 11) is 3.98. The number of nitrogens with one attached hydrogen (secondary N) is 1. The highest BCUT2D eigenvalue weighted by Gasteiger charge is 2.26. The minimum absolute atomic E-state index is 0.245. The lowest BCUT2D eigenvalue weighted by molar-refractivity contribution is 0.0924. The predicted octanol–water partition coefficient (Wildman–Crippen LogP) is 6.06. The van der Waals surface area contributed by atoms with Crippen LogP contribution in [-0.4, -0.2) is 29.6 Å². The van der Waals surface area contributed by atoms with Gasteiger partial charge in [0.25, 0.3) is 5.91 Å². The van der Waals surface area contributed by atoms with Crippen molar-refractivity contribution in [2.24, 2.45) is 0 Å². The topological polar surface area (TPSA) is 63.3 Å². The molecule has 7 heteroatoms. The van der Waals surface area contributed by atoms with Crippen LogP contribution in [0, 0.1) is 5.82 Å². The molecule has 0 atom stereocenters. The van der Waals surface area contributed by atoms with Crippen LogP contribution in [0.3, 0.4) is 0 Å². The normalized spacial score (nSPS) is 13.8. The van der Waals surface area contributed by atoms with Gasteiger partial charge in [0.1, 0.15) is 11.5 Å². The summed E-state index contributed by atoms with van der Waals surface area (Å²) in [6, 6.07) is 18.2. The molecule has 4 aromatic rings. The van der Waals surface area contributed by atoms with Crippen LogP contribution >= 0.6 is 0 Å². The first-order valence-electron chi connectivity index (χ1n) is 12.0. The highest BCUT2D eigenvalue weighted by atomic mass is 19.1. The number of amides is 1. The van der Waals surface area contributed by atoms with Gasteiger partial charge in [-0.05, 0) is 66.9 Å². The average molecular weight is 473 g/mol. The lowest BCUT2D eigenvalue weighted by atomic mass is 10.1. The number of carbonyl (C=O) groups is 1. The summed E-state index contributed by atoms with van der Waals surface area (Å²) in [6.45, 7) is 0.406. The third kappa shape index (κ3) is 4.85. The fourth-order valence-electron chi connectivity index (χ4n) is 4.65. The van der Waals surface area contributed by atoms with E-state index in [4.69, 9.17) is 4.42 Å². The van der Waals surface area contributed by atoms with E-state index >= 15 is 0 Å². The molecule has 0 aliphatic heterocycles. The van der Waals surface area contributed by atoms with Crippen LogP contribution in [0.1, 0.15) is 47.8 Å². The molecule has 1 aliphatic carbocycles. The minimum atomic E-state index is -0.293. The number of benzene rings is 2. The molecule has 6 nitrogen and oxygen atoms in total. The van der Waals surface area contributed by atoms with E-state index in [9.17, 15) is 9.18 Å². The van der Waals surface area contributed by atoms with E-state index in [0.717, 1.165) is 41.0 Å². The van der Waals surface area contributed by atoms with Crippen LogP contribution in [0.4, 0.5) is 10.1 Å². The van der Waals surface area contributed by atoms with Crippen molar-refractivity contribution in [1.29, 1.82) is 0 Å². The second-order valence-electron chi connectivity index (χ2n) is 9.20. The molecule has 1 amide bonds. The van der Waals surface area contributed by atoms with E-state index in [0.29, 0.717) is 18.3 Å². The number of halogens is 1. The number of rotatable bonds is 7. The van der Waals surface area contributed by atoms with Crippen molar-refractivity contribution in [2.75, 3.05) is 19.0 Å². The second kappa shape index (κ2) is 9.78. The third-order valence-electron chi connectivity index (χ3n) is 6.60. The Labute approximate surface area is 204 Å². The number of anilines is 1. The Balaban J connectivity index is 1.39. The number of furan rings is 1. The van der Waals surface area contributed by atoms with Gasteiger partial charge in [-0.1, -0.05) is 25.0 Å². The van der Waals surface area contributed by atoms with Crippen molar-refractivity contribution in [2.45, 2.75) is 38.3 Å². The standard InChI is InChI=1S/C28H29FN4O2/c1-32(2)22-13-7-19(8-14-22)17-30-28(34)25-16-15-24(35-25)27-26(20-9-11-21(29)12-10-20)31-18-33(27)23-5-3-4-6-23/h7-16,18,23H,3-6,17H2,1-2H3,(H,30,34). The van der Waals surface area contributed by atoms with E-state index < -0.39 is 0 Å². The molecular weight excluding hydrogens is 443 g/mol.